The molecule has 0 nitrogen and oxygen atoms in total. The lowest BCUT2D eigenvalue weighted by Gasteiger charge is -2.39. The van der Waals surface area contributed by atoms with Crippen molar-refractivity contribution in [1.82, 2.24) is 0 Å². The Balaban J connectivity index is 1.85. The minimum Gasteiger partial charge on any atom is -0.0767 e. The Bertz CT molecular complexity index is 433. The van der Waals surface area contributed by atoms with Gasteiger partial charge in [-0.2, -0.15) is 0 Å². The van der Waals surface area contributed by atoms with E-state index in [1.165, 1.54) is 38.5 Å². The molecule has 3 aliphatic carbocycles. The van der Waals surface area contributed by atoms with Crippen LogP contribution in [0.1, 0.15) is 59.3 Å². The van der Waals surface area contributed by atoms with E-state index < -0.39 is 0 Å². The molecule has 1 fully saturated rings. The zero-order valence-corrected chi connectivity index (χ0v) is 12.8. The van der Waals surface area contributed by atoms with Crippen LogP contribution in [0.4, 0.5) is 0 Å². The van der Waals surface area contributed by atoms with E-state index >= 15 is 0 Å². The van der Waals surface area contributed by atoms with Gasteiger partial charge in [0.1, 0.15) is 0 Å². The van der Waals surface area contributed by atoms with Crippen LogP contribution in [0.2, 0.25) is 0 Å². The summed E-state index contributed by atoms with van der Waals surface area (Å²) >= 11 is 0. The lowest BCUT2D eigenvalue weighted by Crippen LogP contribution is -2.29. The molecule has 0 aromatic carbocycles. The van der Waals surface area contributed by atoms with Crippen molar-refractivity contribution in [3.05, 3.63) is 34.9 Å². The highest BCUT2D eigenvalue weighted by Gasteiger charge is 2.35. The molecule has 1 saturated carbocycles. The molecule has 0 N–H and O–H groups in total. The Kier molecular flexibility index (Phi) is 3.69. The van der Waals surface area contributed by atoms with Gasteiger partial charge in [-0.25, -0.2) is 0 Å². The molecular formula is C19H28. The summed E-state index contributed by atoms with van der Waals surface area (Å²) in [4.78, 5) is 0. The monoisotopic (exact) mass is 256 g/mol. The van der Waals surface area contributed by atoms with Gasteiger partial charge in [-0.15, -0.1) is 0 Å². The first kappa shape index (κ1) is 13.2. The standard InChI is InChI=1S/C19H28/c1-13(2)16-10-8-14(3)12-19(16)18-11-9-15-6-4-5-7-17(15)18/h7,9,11,13-14,16,19H,4-6,8,10,12H2,1-3H3/t14-,16+,19-/m1/s1. The van der Waals surface area contributed by atoms with Gasteiger partial charge in [-0.1, -0.05) is 45.4 Å². The van der Waals surface area contributed by atoms with Crippen LogP contribution in [0, 0.1) is 23.7 Å². The molecule has 3 atom stereocenters. The molecule has 3 rings (SSSR count). The van der Waals surface area contributed by atoms with E-state index in [1.54, 1.807) is 16.7 Å². The Morgan fingerprint density at radius 2 is 2.00 bits per heavy atom. The first-order valence-corrected chi connectivity index (χ1v) is 8.28. The van der Waals surface area contributed by atoms with Crippen molar-refractivity contribution < 1.29 is 0 Å². The Morgan fingerprint density at radius 3 is 2.79 bits per heavy atom. The minimum absolute atomic E-state index is 0.821. The van der Waals surface area contributed by atoms with Crippen LogP contribution in [0.25, 0.3) is 0 Å². The van der Waals surface area contributed by atoms with Crippen LogP contribution in [0.3, 0.4) is 0 Å². The highest BCUT2D eigenvalue weighted by atomic mass is 14.4. The zero-order chi connectivity index (χ0) is 13.4. The maximum absolute atomic E-state index is 2.52. The van der Waals surface area contributed by atoms with Crippen LogP contribution in [0.15, 0.2) is 34.9 Å². The van der Waals surface area contributed by atoms with Gasteiger partial charge in [-0.05, 0) is 72.5 Å². The molecule has 0 spiro atoms. The zero-order valence-electron chi connectivity index (χ0n) is 12.8. The fourth-order valence-electron chi connectivity index (χ4n) is 4.44. The number of allylic oxidation sites excluding steroid dienone is 6. The number of hydrogen-bond donors (Lipinski definition) is 0. The summed E-state index contributed by atoms with van der Waals surface area (Å²) in [5.41, 5.74) is 4.96. The van der Waals surface area contributed by atoms with Gasteiger partial charge in [-0.3, -0.25) is 0 Å². The van der Waals surface area contributed by atoms with Gasteiger partial charge in [0.25, 0.3) is 0 Å². The molecule has 0 radical (unpaired) electrons. The van der Waals surface area contributed by atoms with Crippen LogP contribution in [-0.2, 0) is 0 Å². The first-order chi connectivity index (χ1) is 9.16. The molecule has 0 amide bonds. The van der Waals surface area contributed by atoms with Crippen molar-refractivity contribution in [1.29, 1.82) is 0 Å². The van der Waals surface area contributed by atoms with Gasteiger partial charge < -0.3 is 0 Å². The first-order valence-electron chi connectivity index (χ1n) is 8.28. The van der Waals surface area contributed by atoms with Crippen LogP contribution >= 0.6 is 0 Å². The fourth-order valence-corrected chi connectivity index (χ4v) is 4.44. The molecule has 0 aromatic rings. The van der Waals surface area contributed by atoms with Crippen molar-refractivity contribution in [2.75, 3.05) is 0 Å². The van der Waals surface area contributed by atoms with Crippen LogP contribution in [-0.4, -0.2) is 0 Å². The molecule has 0 aliphatic heterocycles. The van der Waals surface area contributed by atoms with Crippen molar-refractivity contribution in [2.45, 2.75) is 59.3 Å². The van der Waals surface area contributed by atoms with E-state index in [2.05, 4.69) is 39.0 Å². The third kappa shape index (κ3) is 2.47. The summed E-state index contributed by atoms with van der Waals surface area (Å²) in [6, 6.07) is 0. The summed E-state index contributed by atoms with van der Waals surface area (Å²) in [6.45, 7) is 7.29. The maximum atomic E-state index is 2.52. The molecule has 0 heteroatoms. The molecule has 3 aliphatic rings. The Labute approximate surface area is 118 Å². The third-order valence-electron chi connectivity index (χ3n) is 5.54. The average Bonchev–Trinajstić information content (AvgIpc) is 2.82. The molecule has 0 unspecified atom stereocenters. The van der Waals surface area contributed by atoms with E-state index in [0.717, 1.165) is 23.7 Å². The topological polar surface area (TPSA) is 0 Å². The summed E-state index contributed by atoms with van der Waals surface area (Å²) in [5, 5.41) is 0. The van der Waals surface area contributed by atoms with E-state index in [1.807, 2.05) is 0 Å². The normalized spacial score (nSPS) is 34.7. The second-order valence-corrected chi connectivity index (χ2v) is 7.26. The summed E-state index contributed by atoms with van der Waals surface area (Å²) in [5.74, 6) is 3.46. The van der Waals surface area contributed by atoms with Crippen molar-refractivity contribution in [2.24, 2.45) is 23.7 Å². The van der Waals surface area contributed by atoms with Crippen molar-refractivity contribution >= 4 is 0 Å². The van der Waals surface area contributed by atoms with E-state index in [9.17, 15) is 0 Å². The molecule has 0 heterocycles. The Morgan fingerprint density at radius 1 is 1.16 bits per heavy atom. The van der Waals surface area contributed by atoms with E-state index in [4.69, 9.17) is 0 Å². The SMILES string of the molecule is CC(C)[C@@H]1CC[C@@H](C)C[C@H]1C1=CC=C2CCCC=C21. The maximum Gasteiger partial charge on any atom is -0.0123 e. The predicted octanol–water partition coefficient (Wildman–Crippen LogP) is 5.67. The quantitative estimate of drug-likeness (QED) is 0.597. The molecule has 0 bridgehead atoms. The molecule has 19 heavy (non-hydrogen) atoms. The summed E-state index contributed by atoms with van der Waals surface area (Å²) in [7, 11) is 0. The summed E-state index contributed by atoms with van der Waals surface area (Å²) < 4.78 is 0. The third-order valence-corrected chi connectivity index (χ3v) is 5.54. The lowest BCUT2D eigenvalue weighted by atomic mass is 9.66. The largest absolute Gasteiger partial charge is 0.0767 e. The molecular weight excluding hydrogens is 228 g/mol. The predicted molar refractivity (Wildman–Crippen MR) is 82.9 cm³/mol. The second kappa shape index (κ2) is 5.31. The average molecular weight is 256 g/mol. The fraction of sp³-hybridized carbons (Fsp3) is 0.684. The van der Waals surface area contributed by atoms with Crippen LogP contribution in [0.5, 0.6) is 0 Å². The highest BCUT2D eigenvalue weighted by molar-refractivity contribution is 5.57. The van der Waals surface area contributed by atoms with Gasteiger partial charge in [0.2, 0.25) is 0 Å². The van der Waals surface area contributed by atoms with Crippen LogP contribution < -0.4 is 0 Å². The molecule has 0 aromatic heterocycles. The van der Waals surface area contributed by atoms with Crippen molar-refractivity contribution in [3.63, 3.8) is 0 Å². The molecule has 0 saturated heterocycles. The smallest absolute Gasteiger partial charge is 0.0123 e. The second-order valence-electron chi connectivity index (χ2n) is 7.26. The number of fused-ring (bicyclic) bond motifs is 1. The Hall–Kier alpha value is -0.780. The number of hydrogen-bond acceptors (Lipinski definition) is 0. The van der Waals surface area contributed by atoms with E-state index in [-0.39, 0.29) is 0 Å². The minimum atomic E-state index is 0.821. The molecule has 104 valence electrons. The van der Waals surface area contributed by atoms with Gasteiger partial charge in [0.05, 0.1) is 0 Å². The van der Waals surface area contributed by atoms with Gasteiger partial charge >= 0.3 is 0 Å². The number of rotatable bonds is 2. The lowest BCUT2D eigenvalue weighted by molar-refractivity contribution is 0.172. The van der Waals surface area contributed by atoms with Crippen molar-refractivity contribution in [3.8, 4) is 0 Å². The summed E-state index contributed by atoms with van der Waals surface area (Å²) in [6.07, 6.45) is 15.6. The van der Waals surface area contributed by atoms with Gasteiger partial charge in [0.15, 0.2) is 0 Å². The van der Waals surface area contributed by atoms with Gasteiger partial charge in [0, 0.05) is 0 Å². The highest BCUT2D eigenvalue weighted by Crippen LogP contribution is 2.47. The van der Waals surface area contributed by atoms with E-state index in [0.29, 0.717) is 0 Å².